The van der Waals surface area contributed by atoms with E-state index in [1.54, 1.807) is 11.8 Å². The third-order valence-corrected chi connectivity index (χ3v) is 5.03. The van der Waals surface area contributed by atoms with Crippen LogP contribution in [0.4, 0.5) is 5.69 Å². The van der Waals surface area contributed by atoms with Crippen LogP contribution in [0.25, 0.3) is 0 Å². The molecule has 1 heterocycles. The minimum Gasteiger partial charge on any atom is -0.493 e. The summed E-state index contributed by atoms with van der Waals surface area (Å²) >= 11 is 1.65. The highest BCUT2D eigenvalue weighted by Crippen LogP contribution is 2.29. The van der Waals surface area contributed by atoms with E-state index in [1.807, 2.05) is 24.3 Å². The first-order chi connectivity index (χ1) is 13.5. The number of nitrogens with one attached hydrogen (secondary N) is 1. The Hall–Kier alpha value is -2.93. The van der Waals surface area contributed by atoms with Gasteiger partial charge in [0.05, 0.1) is 0 Å². The number of ether oxygens (including phenoxy) is 3. The third-order valence-electron chi connectivity index (χ3n) is 4.04. The fraction of sp³-hybridized carbons (Fsp3) is 0.238. The summed E-state index contributed by atoms with van der Waals surface area (Å²) in [4.78, 5) is 25.9. The largest absolute Gasteiger partial charge is 0.493 e. The normalized spacial score (nSPS) is 13.0. The number of benzene rings is 2. The second-order valence-electron chi connectivity index (χ2n) is 6.20. The first-order valence-corrected chi connectivity index (χ1v) is 9.59. The second-order valence-corrected chi connectivity index (χ2v) is 7.35. The Morgan fingerprint density at radius 1 is 1.04 bits per heavy atom. The van der Waals surface area contributed by atoms with Crippen LogP contribution in [-0.4, -0.2) is 31.7 Å². The van der Waals surface area contributed by atoms with Crippen molar-refractivity contribution in [3.63, 3.8) is 0 Å². The van der Waals surface area contributed by atoms with Crippen molar-refractivity contribution in [2.24, 2.45) is 0 Å². The molecule has 146 valence electrons. The molecule has 7 heteroatoms. The molecule has 3 rings (SSSR count). The van der Waals surface area contributed by atoms with Crippen LogP contribution in [0.5, 0.6) is 0 Å². The van der Waals surface area contributed by atoms with Gasteiger partial charge < -0.3 is 19.5 Å². The number of aryl methyl sites for hydroxylation is 2. The molecule has 0 aromatic heterocycles. The molecule has 6 nitrogen and oxygen atoms in total. The Morgan fingerprint density at radius 2 is 1.79 bits per heavy atom. The number of anilines is 1. The zero-order valence-corrected chi connectivity index (χ0v) is 16.5. The average Bonchev–Trinajstić information content (AvgIpc) is 2.71. The topological polar surface area (TPSA) is 73.9 Å². The molecule has 2 aromatic carbocycles. The summed E-state index contributed by atoms with van der Waals surface area (Å²) in [5, 5.41) is 2.69. The summed E-state index contributed by atoms with van der Waals surface area (Å²) in [6.45, 7) is 4.44. The van der Waals surface area contributed by atoms with Crippen molar-refractivity contribution in [1.82, 2.24) is 0 Å². The summed E-state index contributed by atoms with van der Waals surface area (Å²) in [6, 6.07) is 13.8. The lowest BCUT2D eigenvalue weighted by atomic mass is 10.1. The van der Waals surface area contributed by atoms with Crippen molar-refractivity contribution < 1.29 is 23.8 Å². The van der Waals surface area contributed by atoms with Gasteiger partial charge in [-0.15, -0.1) is 0 Å². The van der Waals surface area contributed by atoms with Crippen molar-refractivity contribution in [2.75, 3.05) is 25.1 Å². The van der Waals surface area contributed by atoms with Crippen LogP contribution >= 0.6 is 11.8 Å². The zero-order valence-electron chi connectivity index (χ0n) is 15.7. The van der Waals surface area contributed by atoms with Crippen LogP contribution in [-0.2, 0) is 23.8 Å². The molecule has 0 spiro atoms. The molecular weight excluding hydrogens is 378 g/mol. The zero-order chi connectivity index (χ0) is 19.9. The van der Waals surface area contributed by atoms with E-state index >= 15 is 0 Å². The molecule has 1 amide bonds. The Morgan fingerprint density at radius 3 is 2.46 bits per heavy atom. The number of hydrogen-bond acceptors (Lipinski definition) is 6. The van der Waals surface area contributed by atoms with Crippen LogP contribution in [0.3, 0.4) is 0 Å². The van der Waals surface area contributed by atoms with Gasteiger partial charge in [-0.25, -0.2) is 4.79 Å². The number of rotatable bonds is 6. The van der Waals surface area contributed by atoms with E-state index in [4.69, 9.17) is 14.2 Å². The lowest BCUT2D eigenvalue weighted by molar-refractivity contribution is -0.148. The quantitative estimate of drug-likeness (QED) is 0.745. The van der Waals surface area contributed by atoms with Gasteiger partial charge in [0.1, 0.15) is 19.5 Å². The molecule has 28 heavy (non-hydrogen) atoms. The van der Waals surface area contributed by atoms with Crippen LogP contribution in [0.2, 0.25) is 0 Å². The number of amides is 1. The van der Waals surface area contributed by atoms with E-state index in [0.29, 0.717) is 12.3 Å². The van der Waals surface area contributed by atoms with E-state index in [9.17, 15) is 9.59 Å². The molecule has 2 aromatic rings. The van der Waals surface area contributed by atoms with E-state index < -0.39 is 18.5 Å². The van der Waals surface area contributed by atoms with Gasteiger partial charge in [0.2, 0.25) is 5.76 Å². The highest BCUT2D eigenvalue weighted by Gasteiger charge is 2.18. The minimum atomic E-state index is -0.727. The second kappa shape index (κ2) is 9.32. The minimum absolute atomic E-state index is 0.0354. The van der Waals surface area contributed by atoms with Crippen molar-refractivity contribution in [3.05, 3.63) is 65.6 Å². The Bertz CT molecular complexity index is 892. The molecule has 0 aliphatic carbocycles. The summed E-state index contributed by atoms with van der Waals surface area (Å²) < 4.78 is 15.0. The molecule has 0 saturated heterocycles. The van der Waals surface area contributed by atoms with E-state index in [2.05, 4.69) is 37.4 Å². The van der Waals surface area contributed by atoms with E-state index in [1.165, 1.54) is 17.4 Å². The first-order valence-electron chi connectivity index (χ1n) is 8.78. The summed E-state index contributed by atoms with van der Waals surface area (Å²) in [5.74, 6) is -1.19. The fourth-order valence-electron chi connectivity index (χ4n) is 2.39. The van der Waals surface area contributed by atoms with Crippen molar-refractivity contribution in [1.29, 1.82) is 0 Å². The number of carbonyl (C=O) groups excluding carboxylic acids is 2. The number of esters is 1. The van der Waals surface area contributed by atoms with Gasteiger partial charge in [-0.1, -0.05) is 17.8 Å². The highest BCUT2D eigenvalue weighted by molar-refractivity contribution is 7.99. The van der Waals surface area contributed by atoms with Crippen LogP contribution in [0.1, 0.15) is 11.1 Å². The van der Waals surface area contributed by atoms with Gasteiger partial charge >= 0.3 is 5.97 Å². The molecule has 0 radical (unpaired) electrons. The molecular formula is C21H21NO5S. The summed E-state index contributed by atoms with van der Waals surface area (Å²) in [6.07, 6.45) is 1.19. The van der Waals surface area contributed by atoms with Crippen molar-refractivity contribution in [3.8, 4) is 0 Å². The van der Waals surface area contributed by atoms with Crippen LogP contribution in [0.15, 0.2) is 64.3 Å². The molecule has 1 N–H and O–H groups in total. The molecule has 0 unspecified atom stereocenters. The van der Waals surface area contributed by atoms with Gasteiger partial charge in [-0.3, -0.25) is 4.79 Å². The van der Waals surface area contributed by atoms with Crippen molar-refractivity contribution in [2.45, 2.75) is 23.6 Å². The van der Waals surface area contributed by atoms with Crippen molar-refractivity contribution >= 4 is 29.3 Å². The van der Waals surface area contributed by atoms with Crippen LogP contribution in [0, 0.1) is 13.8 Å². The summed E-state index contributed by atoms with van der Waals surface area (Å²) in [7, 11) is 0. The van der Waals surface area contributed by atoms with Crippen LogP contribution < -0.4 is 5.32 Å². The van der Waals surface area contributed by atoms with Gasteiger partial charge in [-0.2, -0.15) is 0 Å². The van der Waals surface area contributed by atoms with Gasteiger partial charge in [0, 0.05) is 15.5 Å². The van der Waals surface area contributed by atoms with Gasteiger partial charge in [-0.05, 0) is 61.4 Å². The number of hydrogen-bond donors (Lipinski definition) is 1. The highest BCUT2D eigenvalue weighted by atomic mass is 32.2. The average molecular weight is 399 g/mol. The first kappa shape index (κ1) is 19.8. The molecule has 1 aliphatic rings. The Labute approximate surface area is 167 Å². The van der Waals surface area contributed by atoms with E-state index in [-0.39, 0.29) is 12.4 Å². The Kier molecular flexibility index (Phi) is 6.60. The maximum absolute atomic E-state index is 12.0. The standard InChI is InChI=1S/C21H21NO5S/c1-14-3-6-18(11-15(14)2)28-17-7-4-16(5-8-17)22-20(23)13-27-21(24)19-12-25-9-10-26-19/h3-8,11-12H,9-10,13H2,1-2H3,(H,22,23). The predicted molar refractivity (Wildman–Crippen MR) is 106 cm³/mol. The monoisotopic (exact) mass is 399 g/mol. The van der Waals surface area contributed by atoms with Gasteiger partial charge in [0.25, 0.3) is 5.91 Å². The smallest absolute Gasteiger partial charge is 0.377 e. The molecule has 0 fully saturated rings. The third kappa shape index (κ3) is 5.53. The SMILES string of the molecule is Cc1ccc(Sc2ccc(NC(=O)COC(=O)C3=COCCO3)cc2)cc1C. The number of carbonyl (C=O) groups is 2. The molecule has 0 saturated carbocycles. The lowest BCUT2D eigenvalue weighted by Crippen LogP contribution is -2.23. The molecule has 1 aliphatic heterocycles. The Balaban J connectivity index is 1.49. The van der Waals surface area contributed by atoms with Gasteiger partial charge in [0.15, 0.2) is 6.61 Å². The maximum Gasteiger partial charge on any atom is 0.377 e. The predicted octanol–water partition coefficient (Wildman–Crippen LogP) is 3.82. The molecule has 0 atom stereocenters. The molecule has 0 bridgehead atoms. The van der Waals surface area contributed by atoms with E-state index in [0.717, 1.165) is 9.79 Å². The fourth-order valence-corrected chi connectivity index (χ4v) is 3.31. The lowest BCUT2D eigenvalue weighted by Gasteiger charge is -2.14. The maximum atomic E-state index is 12.0. The summed E-state index contributed by atoms with van der Waals surface area (Å²) in [5.41, 5.74) is 3.15.